The first kappa shape index (κ1) is 16.6. The number of ether oxygens (including phenoxy) is 1. The van der Waals surface area contributed by atoms with E-state index >= 15 is 0 Å². The average molecular weight is 346 g/mol. The summed E-state index contributed by atoms with van der Waals surface area (Å²) < 4.78 is 5.43. The second-order valence-electron chi connectivity index (χ2n) is 5.84. The Morgan fingerprint density at radius 3 is 3.04 bits per heavy atom. The van der Waals surface area contributed by atoms with Gasteiger partial charge in [-0.1, -0.05) is 23.7 Å². The lowest BCUT2D eigenvalue weighted by Crippen LogP contribution is -2.31. The van der Waals surface area contributed by atoms with Crippen molar-refractivity contribution in [3.8, 4) is 5.75 Å². The van der Waals surface area contributed by atoms with Crippen LogP contribution >= 0.6 is 11.6 Å². The third-order valence-electron chi connectivity index (χ3n) is 4.28. The summed E-state index contributed by atoms with van der Waals surface area (Å²) in [6, 6.07) is 9.65. The first-order chi connectivity index (χ1) is 11.7. The molecule has 1 fully saturated rings. The number of rotatable bonds is 5. The number of benzene rings is 1. The molecule has 1 aromatic carbocycles. The Morgan fingerprint density at radius 1 is 1.42 bits per heavy atom. The number of nitrogens with one attached hydrogen (secondary N) is 1. The van der Waals surface area contributed by atoms with Crippen molar-refractivity contribution in [2.75, 3.05) is 31.6 Å². The number of anilines is 1. The van der Waals surface area contributed by atoms with Crippen LogP contribution in [0.5, 0.6) is 5.75 Å². The van der Waals surface area contributed by atoms with E-state index < -0.39 is 0 Å². The van der Waals surface area contributed by atoms with Crippen LogP contribution in [0.4, 0.5) is 5.69 Å². The monoisotopic (exact) mass is 345 g/mol. The van der Waals surface area contributed by atoms with Gasteiger partial charge in [0.1, 0.15) is 5.75 Å². The molecule has 1 amide bonds. The molecule has 0 bridgehead atoms. The molecule has 5 nitrogen and oxygen atoms in total. The Morgan fingerprint density at radius 2 is 2.25 bits per heavy atom. The largest absolute Gasteiger partial charge is 0.495 e. The molecule has 1 N–H and O–H groups in total. The Labute approximate surface area is 146 Å². The zero-order valence-corrected chi connectivity index (χ0v) is 14.3. The molecule has 1 unspecified atom stereocenters. The maximum Gasteiger partial charge on any atom is 0.252 e. The van der Waals surface area contributed by atoms with Gasteiger partial charge in [0.2, 0.25) is 0 Å². The molecule has 0 saturated carbocycles. The van der Waals surface area contributed by atoms with E-state index in [1.807, 2.05) is 18.2 Å². The van der Waals surface area contributed by atoms with Crippen LogP contribution in [0, 0.1) is 5.92 Å². The molecular weight excluding hydrogens is 326 g/mol. The minimum atomic E-state index is -0.154. The Bertz CT molecular complexity index is 723. The van der Waals surface area contributed by atoms with E-state index in [2.05, 4.69) is 21.3 Å². The van der Waals surface area contributed by atoms with Crippen LogP contribution in [0.1, 0.15) is 16.8 Å². The third kappa shape index (κ3) is 3.62. The predicted octanol–water partition coefficient (Wildman–Crippen LogP) is 3.00. The predicted molar refractivity (Wildman–Crippen MR) is 94.9 cm³/mol. The number of carbonyl (C=O) groups is 1. The minimum absolute atomic E-state index is 0.154. The van der Waals surface area contributed by atoms with Crippen LogP contribution in [-0.2, 0) is 0 Å². The van der Waals surface area contributed by atoms with Crippen molar-refractivity contribution in [2.45, 2.75) is 6.42 Å². The summed E-state index contributed by atoms with van der Waals surface area (Å²) in [7, 11) is 1.69. The van der Waals surface area contributed by atoms with Gasteiger partial charge in [-0.3, -0.25) is 9.78 Å². The number of hydrogen-bond donors (Lipinski definition) is 1. The van der Waals surface area contributed by atoms with Gasteiger partial charge in [0.25, 0.3) is 5.91 Å². The highest BCUT2D eigenvalue weighted by Gasteiger charge is 2.25. The van der Waals surface area contributed by atoms with Gasteiger partial charge in [0.05, 0.1) is 23.4 Å². The number of methoxy groups -OCH3 is 1. The van der Waals surface area contributed by atoms with Crippen molar-refractivity contribution in [3.05, 3.63) is 53.3 Å². The number of carbonyl (C=O) groups excluding carboxylic acids is 1. The lowest BCUT2D eigenvalue weighted by atomic mass is 10.1. The van der Waals surface area contributed by atoms with Gasteiger partial charge in [-0.25, -0.2) is 0 Å². The van der Waals surface area contributed by atoms with Crippen LogP contribution in [0.3, 0.4) is 0 Å². The highest BCUT2D eigenvalue weighted by atomic mass is 35.5. The van der Waals surface area contributed by atoms with E-state index in [0.29, 0.717) is 23.0 Å². The van der Waals surface area contributed by atoms with Crippen LogP contribution in [0.15, 0.2) is 42.7 Å². The molecule has 0 aliphatic carbocycles. The quantitative estimate of drug-likeness (QED) is 0.905. The van der Waals surface area contributed by atoms with Crippen molar-refractivity contribution in [2.24, 2.45) is 5.92 Å². The van der Waals surface area contributed by atoms with Crippen LogP contribution in [-0.4, -0.2) is 37.6 Å². The molecule has 0 radical (unpaired) electrons. The summed E-state index contributed by atoms with van der Waals surface area (Å²) in [4.78, 5) is 18.4. The summed E-state index contributed by atoms with van der Waals surface area (Å²) in [5, 5.41) is 3.35. The van der Waals surface area contributed by atoms with Gasteiger partial charge in [0, 0.05) is 32.0 Å². The van der Waals surface area contributed by atoms with Crippen molar-refractivity contribution in [1.82, 2.24) is 10.3 Å². The molecular formula is C18H20ClN3O2. The number of halogens is 1. The first-order valence-electron chi connectivity index (χ1n) is 7.94. The number of aromatic nitrogens is 1. The summed E-state index contributed by atoms with van der Waals surface area (Å²) in [5.74, 6) is 1.13. The summed E-state index contributed by atoms with van der Waals surface area (Å²) >= 11 is 6.01. The highest BCUT2D eigenvalue weighted by Crippen LogP contribution is 2.31. The second kappa shape index (κ2) is 7.53. The molecule has 1 aromatic heterocycles. The number of para-hydroxylation sites is 2. The van der Waals surface area contributed by atoms with Crippen molar-refractivity contribution < 1.29 is 9.53 Å². The fourth-order valence-electron chi connectivity index (χ4n) is 3.00. The molecule has 2 aromatic rings. The maximum absolute atomic E-state index is 12.2. The molecule has 24 heavy (non-hydrogen) atoms. The summed E-state index contributed by atoms with van der Waals surface area (Å²) in [6.07, 6.45) is 4.08. The topological polar surface area (TPSA) is 54.5 Å². The lowest BCUT2D eigenvalue weighted by Gasteiger charge is -2.21. The van der Waals surface area contributed by atoms with Gasteiger partial charge in [-0.15, -0.1) is 0 Å². The third-order valence-corrected chi connectivity index (χ3v) is 4.58. The molecule has 126 valence electrons. The van der Waals surface area contributed by atoms with E-state index in [1.165, 1.54) is 6.20 Å². The lowest BCUT2D eigenvalue weighted by molar-refractivity contribution is 0.0948. The van der Waals surface area contributed by atoms with E-state index in [9.17, 15) is 4.79 Å². The number of amides is 1. The number of pyridine rings is 1. The molecule has 1 atom stereocenters. The van der Waals surface area contributed by atoms with Gasteiger partial charge >= 0.3 is 0 Å². The molecule has 6 heteroatoms. The standard InChI is InChI=1S/C18H20ClN3O2/c1-24-17-5-3-2-4-16(17)22-9-7-13(12-22)10-21-18(23)14-6-8-20-11-15(14)19/h2-6,8,11,13H,7,9-10,12H2,1H3,(H,21,23). The Balaban J connectivity index is 1.57. The van der Waals surface area contributed by atoms with Gasteiger partial charge < -0.3 is 15.0 Å². The van der Waals surface area contributed by atoms with E-state index in [4.69, 9.17) is 16.3 Å². The maximum atomic E-state index is 12.2. The molecule has 1 aliphatic heterocycles. The van der Waals surface area contributed by atoms with Gasteiger partial charge in [0.15, 0.2) is 0 Å². The van der Waals surface area contributed by atoms with Crippen molar-refractivity contribution in [3.63, 3.8) is 0 Å². The zero-order valence-electron chi connectivity index (χ0n) is 13.5. The van der Waals surface area contributed by atoms with Crippen molar-refractivity contribution >= 4 is 23.2 Å². The molecule has 0 spiro atoms. The van der Waals surface area contributed by atoms with E-state index in [1.54, 1.807) is 19.4 Å². The highest BCUT2D eigenvalue weighted by molar-refractivity contribution is 6.33. The average Bonchev–Trinajstić information content (AvgIpc) is 3.09. The number of nitrogens with zero attached hydrogens (tertiary/aromatic N) is 2. The summed E-state index contributed by atoms with van der Waals surface area (Å²) in [6.45, 7) is 2.48. The smallest absolute Gasteiger partial charge is 0.252 e. The molecule has 3 rings (SSSR count). The Kier molecular flexibility index (Phi) is 5.20. The molecule has 1 saturated heterocycles. The van der Waals surface area contributed by atoms with Crippen LogP contribution < -0.4 is 15.0 Å². The van der Waals surface area contributed by atoms with Crippen LogP contribution in [0.2, 0.25) is 5.02 Å². The zero-order chi connectivity index (χ0) is 16.9. The van der Waals surface area contributed by atoms with Gasteiger partial charge in [-0.2, -0.15) is 0 Å². The number of hydrogen-bond acceptors (Lipinski definition) is 4. The summed E-state index contributed by atoms with van der Waals surface area (Å²) in [5.41, 5.74) is 1.57. The Hall–Kier alpha value is -2.27. The van der Waals surface area contributed by atoms with Gasteiger partial charge in [-0.05, 0) is 30.5 Å². The molecule has 1 aliphatic rings. The van der Waals surface area contributed by atoms with E-state index in [-0.39, 0.29) is 5.91 Å². The fourth-order valence-corrected chi connectivity index (χ4v) is 3.21. The normalized spacial score (nSPS) is 16.9. The molecule has 2 heterocycles. The first-order valence-corrected chi connectivity index (χ1v) is 8.32. The SMILES string of the molecule is COc1ccccc1N1CCC(CNC(=O)c2ccncc2Cl)C1. The van der Waals surface area contributed by atoms with E-state index in [0.717, 1.165) is 30.9 Å². The van der Waals surface area contributed by atoms with Crippen molar-refractivity contribution in [1.29, 1.82) is 0 Å². The van der Waals surface area contributed by atoms with Crippen LogP contribution in [0.25, 0.3) is 0 Å². The minimum Gasteiger partial charge on any atom is -0.495 e. The second-order valence-corrected chi connectivity index (χ2v) is 6.25. The fraction of sp³-hybridized carbons (Fsp3) is 0.333.